The zero-order chi connectivity index (χ0) is 20.1. The van der Waals surface area contributed by atoms with Gasteiger partial charge < -0.3 is 4.74 Å². The Kier molecular flexibility index (Phi) is 6.84. The number of carbonyl (C=O) groups excluding carboxylic acids is 2. The number of urea groups is 1. The standard InChI is InChI=1S/C18H16ClF2N3O3S/c19-12-4-6-13(7-5-12)24(28-23-8-10-27-11-9-23)18(26)22-17(25)16-14(20)2-1-3-15(16)21/h1-7H,8-11H2,(H,22,25,26). The number of imide groups is 1. The van der Waals surface area contributed by atoms with Crippen LogP contribution >= 0.6 is 23.7 Å². The highest BCUT2D eigenvalue weighted by Gasteiger charge is 2.26. The van der Waals surface area contributed by atoms with Crippen molar-refractivity contribution in [1.29, 1.82) is 0 Å². The van der Waals surface area contributed by atoms with Crippen LogP contribution in [0.25, 0.3) is 0 Å². The number of rotatable bonds is 4. The third-order valence-electron chi connectivity index (χ3n) is 3.82. The van der Waals surface area contributed by atoms with Crippen molar-refractivity contribution in [3.05, 3.63) is 64.7 Å². The molecule has 3 amide bonds. The third kappa shape index (κ3) is 4.99. The third-order valence-corrected chi connectivity index (χ3v) is 5.21. The lowest BCUT2D eigenvalue weighted by molar-refractivity contribution is 0.0772. The predicted octanol–water partition coefficient (Wildman–Crippen LogP) is 3.87. The normalized spacial score (nSPS) is 14.5. The van der Waals surface area contributed by atoms with E-state index in [1.54, 1.807) is 24.3 Å². The Balaban J connectivity index is 1.81. The van der Waals surface area contributed by atoms with E-state index in [-0.39, 0.29) is 0 Å². The predicted molar refractivity (Wildman–Crippen MR) is 103 cm³/mol. The number of nitrogens with one attached hydrogen (secondary N) is 1. The van der Waals surface area contributed by atoms with E-state index in [0.29, 0.717) is 37.0 Å². The molecule has 6 nitrogen and oxygen atoms in total. The van der Waals surface area contributed by atoms with E-state index in [1.807, 2.05) is 9.62 Å². The van der Waals surface area contributed by atoms with Crippen LogP contribution in [0.3, 0.4) is 0 Å². The molecule has 10 heteroatoms. The molecule has 3 rings (SSSR count). The maximum atomic E-state index is 13.8. The number of carbonyl (C=O) groups is 2. The number of anilines is 1. The van der Waals surface area contributed by atoms with Crippen LogP contribution in [0, 0.1) is 11.6 Å². The molecule has 1 saturated heterocycles. The molecular weight excluding hydrogens is 412 g/mol. The second kappa shape index (κ2) is 9.33. The number of hydrogen-bond acceptors (Lipinski definition) is 5. The fourth-order valence-electron chi connectivity index (χ4n) is 2.45. The van der Waals surface area contributed by atoms with Gasteiger partial charge in [0.15, 0.2) is 0 Å². The summed E-state index contributed by atoms with van der Waals surface area (Å²) >= 11 is 6.97. The van der Waals surface area contributed by atoms with Gasteiger partial charge in [-0.15, -0.1) is 0 Å². The molecule has 0 bridgehead atoms. The maximum Gasteiger partial charge on any atom is 0.340 e. The summed E-state index contributed by atoms with van der Waals surface area (Å²) in [5.74, 6) is -3.27. The average molecular weight is 428 g/mol. The van der Waals surface area contributed by atoms with Crippen molar-refractivity contribution in [2.24, 2.45) is 0 Å². The van der Waals surface area contributed by atoms with Gasteiger partial charge in [-0.1, -0.05) is 17.7 Å². The van der Waals surface area contributed by atoms with Crippen molar-refractivity contribution in [2.75, 3.05) is 30.6 Å². The molecule has 1 N–H and O–H groups in total. The van der Waals surface area contributed by atoms with E-state index in [1.165, 1.54) is 4.31 Å². The highest BCUT2D eigenvalue weighted by atomic mass is 35.5. The zero-order valence-electron chi connectivity index (χ0n) is 14.5. The summed E-state index contributed by atoms with van der Waals surface area (Å²) in [7, 11) is 0. The van der Waals surface area contributed by atoms with Crippen LogP contribution < -0.4 is 9.62 Å². The number of benzene rings is 2. The molecule has 0 aromatic heterocycles. The topological polar surface area (TPSA) is 61.9 Å². The summed E-state index contributed by atoms with van der Waals surface area (Å²) in [6, 6.07) is 8.57. The smallest absolute Gasteiger partial charge is 0.340 e. The zero-order valence-corrected chi connectivity index (χ0v) is 16.1. The largest absolute Gasteiger partial charge is 0.379 e. The molecule has 1 fully saturated rings. The molecule has 0 radical (unpaired) electrons. The molecule has 1 aliphatic heterocycles. The van der Waals surface area contributed by atoms with Crippen molar-refractivity contribution in [2.45, 2.75) is 0 Å². The van der Waals surface area contributed by atoms with Crippen LogP contribution in [0.5, 0.6) is 0 Å². The molecule has 2 aromatic carbocycles. The fourth-order valence-corrected chi connectivity index (χ4v) is 3.45. The van der Waals surface area contributed by atoms with Gasteiger partial charge in [-0.05, 0) is 36.4 Å². The molecule has 1 heterocycles. The summed E-state index contributed by atoms with van der Waals surface area (Å²) in [5.41, 5.74) is -0.372. The first-order valence-corrected chi connectivity index (χ1v) is 9.42. The van der Waals surface area contributed by atoms with Crippen LogP contribution in [0.15, 0.2) is 42.5 Å². The van der Waals surface area contributed by atoms with Crippen molar-refractivity contribution >= 4 is 41.4 Å². The minimum atomic E-state index is -1.16. The Morgan fingerprint density at radius 3 is 2.29 bits per heavy atom. The number of amides is 3. The number of ether oxygens (including phenoxy) is 1. The first-order valence-electron chi connectivity index (χ1n) is 8.31. The van der Waals surface area contributed by atoms with Crippen molar-refractivity contribution in [3.8, 4) is 0 Å². The maximum absolute atomic E-state index is 13.8. The minimum Gasteiger partial charge on any atom is -0.379 e. The van der Waals surface area contributed by atoms with Gasteiger partial charge in [-0.3, -0.25) is 10.1 Å². The Morgan fingerprint density at radius 2 is 1.68 bits per heavy atom. The Morgan fingerprint density at radius 1 is 1.07 bits per heavy atom. The van der Waals surface area contributed by atoms with Crippen LogP contribution in [-0.4, -0.2) is 42.5 Å². The van der Waals surface area contributed by atoms with Gasteiger partial charge in [-0.25, -0.2) is 22.2 Å². The molecule has 0 saturated carbocycles. The van der Waals surface area contributed by atoms with Gasteiger partial charge >= 0.3 is 6.03 Å². The van der Waals surface area contributed by atoms with Crippen LogP contribution in [-0.2, 0) is 4.74 Å². The first kappa shape index (κ1) is 20.5. The lowest BCUT2D eigenvalue weighted by atomic mass is 10.2. The van der Waals surface area contributed by atoms with E-state index in [4.69, 9.17) is 16.3 Å². The minimum absolute atomic E-state index is 0.445. The molecule has 0 unspecified atom stereocenters. The highest BCUT2D eigenvalue weighted by Crippen LogP contribution is 2.27. The number of halogens is 3. The monoisotopic (exact) mass is 427 g/mol. The summed E-state index contributed by atoms with van der Waals surface area (Å²) in [6.07, 6.45) is 0. The quantitative estimate of drug-likeness (QED) is 0.750. The van der Waals surface area contributed by atoms with Crippen LogP contribution in [0.4, 0.5) is 19.3 Å². The number of morpholine rings is 1. The Bertz CT molecular complexity index is 843. The lowest BCUT2D eigenvalue weighted by Crippen LogP contribution is -2.43. The molecule has 0 spiro atoms. The molecule has 148 valence electrons. The summed E-state index contributed by atoms with van der Waals surface area (Å²) < 4.78 is 36.0. The molecule has 2 aromatic rings. The van der Waals surface area contributed by atoms with Gasteiger partial charge in [0.1, 0.15) is 17.2 Å². The second-order valence-corrected chi connectivity index (χ2v) is 7.23. The van der Waals surface area contributed by atoms with Crippen molar-refractivity contribution in [3.63, 3.8) is 0 Å². The Hall–Kier alpha value is -2.20. The van der Waals surface area contributed by atoms with Crippen molar-refractivity contribution < 1.29 is 23.1 Å². The van der Waals surface area contributed by atoms with Gasteiger partial charge in [0.2, 0.25) is 0 Å². The fraction of sp³-hybridized carbons (Fsp3) is 0.222. The second-order valence-electron chi connectivity index (χ2n) is 5.75. The number of nitrogens with zero attached hydrogens (tertiary/aromatic N) is 2. The van der Waals surface area contributed by atoms with Crippen LogP contribution in [0.1, 0.15) is 10.4 Å². The molecule has 0 aliphatic carbocycles. The molecular formula is C18H16ClF2N3O3S. The van der Waals surface area contributed by atoms with E-state index in [9.17, 15) is 18.4 Å². The van der Waals surface area contributed by atoms with Gasteiger partial charge in [0.05, 0.1) is 18.9 Å². The molecule has 28 heavy (non-hydrogen) atoms. The average Bonchev–Trinajstić information content (AvgIpc) is 2.67. The van der Waals surface area contributed by atoms with E-state index >= 15 is 0 Å². The lowest BCUT2D eigenvalue weighted by Gasteiger charge is -2.30. The van der Waals surface area contributed by atoms with Gasteiger partial charge in [-0.2, -0.15) is 0 Å². The highest BCUT2D eigenvalue weighted by molar-refractivity contribution is 7.99. The van der Waals surface area contributed by atoms with Gasteiger partial charge in [0.25, 0.3) is 5.91 Å². The number of hydrogen-bond donors (Lipinski definition) is 1. The van der Waals surface area contributed by atoms with Crippen LogP contribution in [0.2, 0.25) is 5.02 Å². The van der Waals surface area contributed by atoms with Gasteiger partial charge in [0, 0.05) is 30.2 Å². The molecule has 1 aliphatic rings. The van der Waals surface area contributed by atoms with E-state index in [2.05, 4.69) is 0 Å². The Labute approximate surface area is 169 Å². The summed E-state index contributed by atoms with van der Waals surface area (Å²) in [5, 5.41) is 2.51. The summed E-state index contributed by atoms with van der Waals surface area (Å²) in [4.78, 5) is 25.0. The van der Waals surface area contributed by atoms with E-state index in [0.717, 1.165) is 30.3 Å². The first-order chi connectivity index (χ1) is 13.5. The summed E-state index contributed by atoms with van der Waals surface area (Å²) in [6.45, 7) is 2.14. The van der Waals surface area contributed by atoms with Crippen molar-refractivity contribution in [1.82, 2.24) is 9.62 Å². The SMILES string of the molecule is O=C(NC(=O)N(SN1CCOCC1)c1ccc(Cl)cc1)c1c(F)cccc1F. The van der Waals surface area contributed by atoms with E-state index < -0.39 is 29.1 Å². The molecule has 0 atom stereocenters.